The number of carbonyl (C=O) groups is 1. The lowest BCUT2D eigenvalue weighted by Gasteiger charge is -2.05. The van der Waals surface area contributed by atoms with Gasteiger partial charge in [-0.2, -0.15) is 0 Å². The Labute approximate surface area is 88.3 Å². The summed E-state index contributed by atoms with van der Waals surface area (Å²) < 4.78 is 1.64. The molecule has 0 aliphatic heterocycles. The van der Waals surface area contributed by atoms with E-state index in [0.717, 1.165) is 5.56 Å². The number of aromatic nitrogens is 1. The van der Waals surface area contributed by atoms with Crippen molar-refractivity contribution in [3.8, 4) is 0 Å². The zero-order valence-corrected chi connectivity index (χ0v) is 8.26. The molecule has 3 heteroatoms. The molecule has 0 saturated heterocycles. The molecule has 0 radical (unpaired) electrons. The third-order valence-corrected chi connectivity index (χ3v) is 2.07. The summed E-state index contributed by atoms with van der Waals surface area (Å²) in [6.07, 6.45) is 3.99. The van der Waals surface area contributed by atoms with Gasteiger partial charge in [0.15, 0.2) is 0 Å². The molecule has 15 heavy (non-hydrogen) atoms. The van der Waals surface area contributed by atoms with Crippen LogP contribution < -0.4 is 5.43 Å². The molecule has 76 valence electrons. The van der Waals surface area contributed by atoms with Gasteiger partial charge in [0.1, 0.15) is 0 Å². The minimum Gasteiger partial charge on any atom is -0.273 e. The van der Waals surface area contributed by atoms with Crippen molar-refractivity contribution in [2.45, 2.75) is 6.42 Å². The Kier molecular flexibility index (Phi) is 2.83. The topological polar surface area (TPSA) is 34.0 Å². The average Bonchev–Trinajstić information content (AvgIpc) is 2.71. The monoisotopic (exact) mass is 200 g/mol. The van der Waals surface area contributed by atoms with Gasteiger partial charge in [-0.05, 0) is 17.7 Å². The van der Waals surface area contributed by atoms with E-state index in [-0.39, 0.29) is 5.91 Å². The zero-order chi connectivity index (χ0) is 10.5. The summed E-state index contributed by atoms with van der Waals surface area (Å²) in [4.78, 5) is 11.5. The fraction of sp³-hybridized carbons (Fsp3) is 0.0833. The van der Waals surface area contributed by atoms with Crippen molar-refractivity contribution in [2.24, 2.45) is 0 Å². The molecule has 0 saturated carbocycles. The van der Waals surface area contributed by atoms with E-state index in [0.29, 0.717) is 6.42 Å². The molecule has 3 nitrogen and oxygen atoms in total. The number of amides is 1. The molecule has 2 rings (SSSR count). The lowest BCUT2D eigenvalue weighted by molar-refractivity contribution is -0.116. The van der Waals surface area contributed by atoms with Crippen LogP contribution in [0, 0.1) is 0 Å². The van der Waals surface area contributed by atoms with Gasteiger partial charge in [0.25, 0.3) is 0 Å². The molecule has 1 heterocycles. The molecule has 0 unspecified atom stereocenters. The van der Waals surface area contributed by atoms with E-state index in [1.807, 2.05) is 42.5 Å². The number of rotatable bonds is 3. The molecular weight excluding hydrogens is 188 g/mol. The van der Waals surface area contributed by atoms with Crippen molar-refractivity contribution in [2.75, 3.05) is 5.43 Å². The fourth-order valence-electron chi connectivity index (χ4n) is 1.37. The van der Waals surface area contributed by atoms with Crippen molar-refractivity contribution in [1.29, 1.82) is 0 Å². The first-order valence-corrected chi connectivity index (χ1v) is 4.81. The lowest BCUT2D eigenvalue weighted by Crippen LogP contribution is -2.22. The standard InChI is InChI=1S/C12H12N2O/c15-12(13-14-8-4-5-9-14)10-11-6-2-1-3-7-11/h1-9H,10H2,(H,13,15). The highest BCUT2D eigenvalue weighted by Gasteiger charge is 2.01. The van der Waals surface area contributed by atoms with Crippen LogP contribution in [0.25, 0.3) is 0 Å². The Morgan fingerprint density at radius 1 is 1.07 bits per heavy atom. The molecule has 1 aromatic carbocycles. The summed E-state index contributed by atoms with van der Waals surface area (Å²) in [6.45, 7) is 0. The molecule has 2 aromatic rings. The van der Waals surface area contributed by atoms with E-state index in [4.69, 9.17) is 0 Å². The Hall–Kier alpha value is -2.03. The van der Waals surface area contributed by atoms with Crippen molar-refractivity contribution >= 4 is 5.91 Å². The summed E-state index contributed by atoms with van der Waals surface area (Å²) >= 11 is 0. The van der Waals surface area contributed by atoms with Gasteiger partial charge in [-0.25, -0.2) is 0 Å². The maximum Gasteiger partial charge on any atom is 0.243 e. The molecule has 1 aromatic heterocycles. The molecular formula is C12H12N2O. The van der Waals surface area contributed by atoms with Crippen LogP contribution in [0.15, 0.2) is 54.9 Å². The predicted octanol–water partition coefficient (Wildman–Crippen LogP) is 1.80. The number of benzene rings is 1. The molecule has 0 fully saturated rings. The first-order chi connectivity index (χ1) is 7.34. The second-order valence-corrected chi connectivity index (χ2v) is 3.29. The van der Waals surface area contributed by atoms with E-state index in [1.165, 1.54) is 0 Å². The highest BCUT2D eigenvalue weighted by Crippen LogP contribution is 1.99. The van der Waals surface area contributed by atoms with Crippen LogP contribution in [0.1, 0.15) is 5.56 Å². The third-order valence-electron chi connectivity index (χ3n) is 2.07. The molecule has 1 N–H and O–H groups in total. The lowest BCUT2D eigenvalue weighted by atomic mass is 10.1. The van der Waals surface area contributed by atoms with Crippen LogP contribution in [-0.2, 0) is 11.2 Å². The van der Waals surface area contributed by atoms with Crippen LogP contribution >= 0.6 is 0 Å². The third kappa shape index (κ3) is 2.71. The first kappa shape index (κ1) is 9.52. The van der Waals surface area contributed by atoms with Gasteiger partial charge < -0.3 is 0 Å². The first-order valence-electron chi connectivity index (χ1n) is 4.81. The fourth-order valence-corrected chi connectivity index (χ4v) is 1.37. The summed E-state index contributed by atoms with van der Waals surface area (Å²) in [5.74, 6) is -0.0163. The van der Waals surface area contributed by atoms with Crippen molar-refractivity contribution in [3.63, 3.8) is 0 Å². The van der Waals surface area contributed by atoms with Gasteiger partial charge in [0.2, 0.25) is 5.91 Å². The predicted molar refractivity (Wildman–Crippen MR) is 58.9 cm³/mol. The highest BCUT2D eigenvalue weighted by molar-refractivity contribution is 5.85. The zero-order valence-electron chi connectivity index (χ0n) is 8.26. The van der Waals surface area contributed by atoms with Crippen LogP contribution in [0.2, 0.25) is 0 Å². The number of hydrogen-bond donors (Lipinski definition) is 1. The number of nitrogens with one attached hydrogen (secondary N) is 1. The van der Waals surface area contributed by atoms with E-state index in [2.05, 4.69) is 5.43 Å². The average molecular weight is 200 g/mol. The summed E-state index contributed by atoms with van der Waals surface area (Å²) in [5.41, 5.74) is 3.76. The number of carbonyl (C=O) groups excluding carboxylic acids is 1. The second kappa shape index (κ2) is 4.46. The largest absolute Gasteiger partial charge is 0.273 e. The van der Waals surface area contributed by atoms with E-state index in [9.17, 15) is 4.79 Å². The van der Waals surface area contributed by atoms with Gasteiger partial charge in [0, 0.05) is 12.4 Å². The van der Waals surface area contributed by atoms with Crippen LogP contribution in [0.3, 0.4) is 0 Å². The van der Waals surface area contributed by atoms with Crippen molar-refractivity contribution in [1.82, 2.24) is 4.68 Å². The molecule has 0 spiro atoms. The molecule has 0 aliphatic rings. The van der Waals surface area contributed by atoms with Crippen LogP contribution in [0.4, 0.5) is 0 Å². The Balaban J connectivity index is 1.94. The van der Waals surface area contributed by atoms with Crippen LogP contribution in [0.5, 0.6) is 0 Å². The van der Waals surface area contributed by atoms with E-state index in [1.54, 1.807) is 17.1 Å². The van der Waals surface area contributed by atoms with Gasteiger partial charge in [-0.15, -0.1) is 0 Å². The van der Waals surface area contributed by atoms with Crippen LogP contribution in [-0.4, -0.2) is 10.6 Å². The Morgan fingerprint density at radius 2 is 1.73 bits per heavy atom. The highest BCUT2D eigenvalue weighted by atomic mass is 16.2. The van der Waals surface area contributed by atoms with E-state index < -0.39 is 0 Å². The maximum atomic E-state index is 11.5. The van der Waals surface area contributed by atoms with E-state index >= 15 is 0 Å². The van der Waals surface area contributed by atoms with Gasteiger partial charge in [0.05, 0.1) is 6.42 Å². The summed E-state index contributed by atoms with van der Waals surface area (Å²) in [6, 6.07) is 13.4. The number of hydrogen-bond acceptors (Lipinski definition) is 1. The molecule has 0 atom stereocenters. The summed E-state index contributed by atoms with van der Waals surface area (Å²) in [7, 11) is 0. The van der Waals surface area contributed by atoms with Gasteiger partial charge >= 0.3 is 0 Å². The quantitative estimate of drug-likeness (QED) is 0.805. The van der Waals surface area contributed by atoms with Crippen molar-refractivity contribution in [3.05, 3.63) is 60.4 Å². The Morgan fingerprint density at radius 3 is 2.40 bits per heavy atom. The Bertz CT molecular complexity index is 420. The normalized spacial score (nSPS) is 9.87. The molecule has 0 aliphatic carbocycles. The minimum absolute atomic E-state index is 0.0163. The van der Waals surface area contributed by atoms with Crippen molar-refractivity contribution < 1.29 is 4.79 Å². The maximum absolute atomic E-state index is 11.5. The smallest absolute Gasteiger partial charge is 0.243 e. The SMILES string of the molecule is O=C(Cc1ccccc1)Nn1cccc1. The molecule has 0 bridgehead atoms. The summed E-state index contributed by atoms with van der Waals surface area (Å²) in [5, 5.41) is 0. The second-order valence-electron chi connectivity index (χ2n) is 3.29. The molecule has 1 amide bonds. The van der Waals surface area contributed by atoms with Gasteiger partial charge in [-0.1, -0.05) is 30.3 Å². The van der Waals surface area contributed by atoms with Gasteiger partial charge in [-0.3, -0.25) is 14.9 Å². The number of nitrogens with zero attached hydrogens (tertiary/aromatic N) is 1. The minimum atomic E-state index is -0.0163.